The number of nitriles is 1. The maximum atomic E-state index is 12.4. The summed E-state index contributed by atoms with van der Waals surface area (Å²) in [4.78, 5) is -0.147. The monoisotopic (exact) mass is 385 g/mol. The highest BCUT2D eigenvalue weighted by atomic mass is 79.9. The third kappa shape index (κ3) is 3.29. The highest BCUT2D eigenvalue weighted by molar-refractivity contribution is 9.10. The van der Waals surface area contributed by atoms with Crippen molar-refractivity contribution in [3.8, 4) is 6.07 Å². The van der Waals surface area contributed by atoms with E-state index in [9.17, 15) is 8.42 Å². The zero-order chi connectivity index (χ0) is 15.6. The number of rotatable bonds is 3. The molecule has 8 heteroatoms. The zero-order valence-electron chi connectivity index (χ0n) is 10.5. The van der Waals surface area contributed by atoms with E-state index in [0.717, 1.165) is 0 Å². The van der Waals surface area contributed by atoms with Crippen LogP contribution in [0.3, 0.4) is 0 Å². The summed E-state index contributed by atoms with van der Waals surface area (Å²) < 4.78 is 27.6. The van der Waals surface area contributed by atoms with Gasteiger partial charge in [0.1, 0.15) is 11.0 Å². The molecule has 0 saturated heterocycles. The van der Waals surface area contributed by atoms with Crippen LogP contribution in [0.15, 0.2) is 45.8 Å². The van der Waals surface area contributed by atoms with E-state index in [-0.39, 0.29) is 16.1 Å². The normalized spacial score (nSPS) is 10.9. The van der Waals surface area contributed by atoms with Gasteiger partial charge in [-0.2, -0.15) is 5.26 Å². The van der Waals surface area contributed by atoms with Crippen LogP contribution >= 0.6 is 27.5 Å². The Balaban J connectivity index is 2.49. The van der Waals surface area contributed by atoms with Gasteiger partial charge in [-0.15, -0.1) is 0 Å². The van der Waals surface area contributed by atoms with Crippen LogP contribution in [0.5, 0.6) is 0 Å². The summed E-state index contributed by atoms with van der Waals surface area (Å²) in [6, 6.07) is 10.6. The lowest BCUT2D eigenvalue weighted by Crippen LogP contribution is -2.15. The number of anilines is 2. The van der Waals surface area contributed by atoms with E-state index in [4.69, 9.17) is 22.6 Å². The van der Waals surface area contributed by atoms with E-state index in [2.05, 4.69) is 20.7 Å². The number of hydrogen-bond donors (Lipinski definition) is 2. The SMILES string of the molecule is N#Cc1cc(N)ccc1S(=O)(=O)Nc1cccc(Cl)c1Br. The molecule has 2 aromatic rings. The highest BCUT2D eigenvalue weighted by Crippen LogP contribution is 2.32. The molecule has 0 aliphatic carbocycles. The molecule has 0 atom stereocenters. The molecule has 0 unspecified atom stereocenters. The lowest BCUT2D eigenvalue weighted by molar-refractivity contribution is 0.601. The second kappa shape index (κ2) is 5.93. The largest absolute Gasteiger partial charge is 0.399 e. The van der Waals surface area contributed by atoms with Crippen LogP contribution in [0, 0.1) is 11.3 Å². The molecular weight excluding hydrogens is 378 g/mol. The Hall–Kier alpha value is -1.75. The van der Waals surface area contributed by atoms with Gasteiger partial charge in [0.2, 0.25) is 0 Å². The van der Waals surface area contributed by atoms with Gasteiger partial charge in [0, 0.05) is 5.69 Å². The first-order chi connectivity index (χ1) is 9.85. The van der Waals surface area contributed by atoms with E-state index in [0.29, 0.717) is 15.2 Å². The lowest BCUT2D eigenvalue weighted by Gasteiger charge is -2.11. The Morgan fingerprint density at radius 1 is 1.29 bits per heavy atom. The second-order valence-corrected chi connectivity index (χ2v) is 6.93. The van der Waals surface area contributed by atoms with Gasteiger partial charge in [-0.25, -0.2) is 8.42 Å². The summed E-state index contributed by atoms with van der Waals surface area (Å²) in [5.41, 5.74) is 6.12. The number of nitrogens with two attached hydrogens (primary N) is 1. The number of halogens is 2. The maximum Gasteiger partial charge on any atom is 0.263 e. The predicted molar refractivity (Wildman–Crippen MR) is 85.5 cm³/mol. The average molecular weight is 387 g/mol. The topological polar surface area (TPSA) is 96.0 Å². The molecule has 2 rings (SSSR count). The van der Waals surface area contributed by atoms with E-state index in [1.54, 1.807) is 18.2 Å². The molecule has 108 valence electrons. The first kappa shape index (κ1) is 15.6. The van der Waals surface area contributed by atoms with Crippen molar-refractivity contribution >= 4 is 48.9 Å². The van der Waals surface area contributed by atoms with Gasteiger partial charge in [0.05, 0.1) is 20.7 Å². The third-order valence-corrected chi connectivity index (χ3v) is 5.43. The minimum absolute atomic E-state index is 0.0272. The summed E-state index contributed by atoms with van der Waals surface area (Å²) in [5, 5.41) is 9.41. The Kier molecular flexibility index (Phi) is 4.42. The molecule has 0 aliphatic rings. The van der Waals surface area contributed by atoms with Crippen molar-refractivity contribution in [3.63, 3.8) is 0 Å². The minimum atomic E-state index is -3.93. The summed E-state index contributed by atoms with van der Waals surface area (Å²) in [5.74, 6) is 0. The van der Waals surface area contributed by atoms with Crippen LogP contribution in [0.1, 0.15) is 5.56 Å². The summed E-state index contributed by atoms with van der Waals surface area (Å²) in [6.07, 6.45) is 0. The molecule has 21 heavy (non-hydrogen) atoms. The summed E-state index contributed by atoms with van der Waals surface area (Å²) >= 11 is 9.13. The van der Waals surface area contributed by atoms with Gasteiger partial charge in [0.25, 0.3) is 10.0 Å². The van der Waals surface area contributed by atoms with Gasteiger partial charge >= 0.3 is 0 Å². The third-order valence-electron chi connectivity index (χ3n) is 2.61. The fourth-order valence-corrected chi connectivity index (χ4v) is 3.53. The second-order valence-electron chi connectivity index (χ2n) is 4.07. The van der Waals surface area contributed by atoms with Gasteiger partial charge < -0.3 is 5.73 Å². The van der Waals surface area contributed by atoms with Crippen molar-refractivity contribution in [2.45, 2.75) is 4.90 Å². The van der Waals surface area contributed by atoms with Gasteiger partial charge in [-0.1, -0.05) is 17.7 Å². The maximum absolute atomic E-state index is 12.4. The molecule has 5 nitrogen and oxygen atoms in total. The number of nitrogens with one attached hydrogen (secondary N) is 1. The van der Waals surface area contributed by atoms with Crippen molar-refractivity contribution in [2.75, 3.05) is 10.5 Å². The number of hydrogen-bond acceptors (Lipinski definition) is 4. The number of benzene rings is 2. The lowest BCUT2D eigenvalue weighted by atomic mass is 10.2. The quantitative estimate of drug-likeness (QED) is 0.791. The molecule has 3 N–H and O–H groups in total. The Bertz CT molecular complexity index is 847. The first-order valence-electron chi connectivity index (χ1n) is 5.61. The van der Waals surface area contributed by atoms with Crippen molar-refractivity contribution in [2.24, 2.45) is 0 Å². The molecule has 0 amide bonds. The standard InChI is InChI=1S/C13H9BrClN3O2S/c14-13-10(15)2-1-3-11(13)18-21(19,20)12-5-4-9(17)6-8(12)7-16/h1-6,18H,17H2. The van der Waals surface area contributed by atoms with Crippen molar-refractivity contribution < 1.29 is 8.42 Å². The molecule has 0 radical (unpaired) electrons. The summed E-state index contributed by atoms with van der Waals surface area (Å²) in [7, 11) is -3.93. The van der Waals surface area contributed by atoms with E-state index < -0.39 is 10.0 Å². The molecule has 0 saturated carbocycles. The Morgan fingerprint density at radius 2 is 2.00 bits per heavy atom. The predicted octanol–water partition coefficient (Wildman–Crippen LogP) is 3.36. The first-order valence-corrected chi connectivity index (χ1v) is 8.27. The smallest absolute Gasteiger partial charge is 0.263 e. The molecule has 0 aromatic heterocycles. The van der Waals surface area contributed by atoms with Crippen LogP contribution in [0.25, 0.3) is 0 Å². The van der Waals surface area contributed by atoms with Crippen LogP contribution in [0.4, 0.5) is 11.4 Å². The van der Waals surface area contributed by atoms with Crippen molar-refractivity contribution in [3.05, 3.63) is 51.5 Å². The van der Waals surface area contributed by atoms with E-state index in [1.807, 2.05) is 6.07 Å². The molecule has 0 aliphatic heterocycles. The molecule has 2 aromatic carbocycles. The highest BCUT2D eigenvalue weighted by Gasteiger charge is 2.20. The molecule has 0 spiro atoms. The number of sulfonamides is 1. The van der Waals surface area contributed by atoms with Crippen LogP contribution in [-0.4, -0.2) is 8.42 Å². The summed E-state index contributed by atoms with van der Waals surface area (Å²) in [6.45, 7) is 0. The van der Waals surface area contributed by atoms with Gasteiger partial charge in [-0.05, 0) is 46.3 Å². The van der Waals surface area contributed by atoms with Crippen molar-refractivity contribution in [1.82, 2.24) is 0 Å². The van der Waals surface area contributed by atoms with Crippen molar-refractivity contribution in [1.29, 1.82) is 5.26 Å². The Morgan fingerprint density at radius 3 is 2.67 bits per heavy atom. The molecule has 0 heterocycles. The minimum Gasteiger partial charge on any atom is -0.399 e. The van der Waals surface area contributed by atoms with E-state index in [1.165, 1.54) is 18.2 Å². The van der Waals surface area contributed by atoms with Crippen LogP contribution in [-0.2, 0) is 10.0 Å². The molecule has 0 fully saturated rings. The average Bonchev–Trinajstić information content (AvgIpc) is 2.43. The van der Waals surface area contributed by atoms with Crippen LogP contribution < -0.4 is 10.5 Å². The Labute approximate surface area is 135 Å². The van der Waals surface area contributed by atoms with Crippen LogP contribution in [0.2, 0.25) is 5.02 Å². The fraction of sp³-hybridized carbons (Fsp3) is 0. The molecular formula is C13H9BrClN3O2S. The number of nitrogen functional groups attached to an aromatic ring is 1. The molecule has 0 bridgehead atoms. The van der Waals surface area contributed by atoms with Gasteiger partial charge in [-0.3, -0.25) is 4.72 Å². The van der Waals surface area contributed by atoms with Gasteiger partial charge in [0.15, 0.2) is 0 Å². The fourth-order valence-electron chi connectivity index (χ4n) is 1.65. The number of nitrogens with zero attached hydrogens (tertiary/aromatic N) is 1. The zero-order valence-corrected chi connectivity index (χ0v) is 13.6. The van der Waals surface area contributed by atoms with E-state index >= 15 is 0 Å².